The van der Waals surface area contributed by atoms with Crippen LogP contribution in [0.2, 0.25) is 0 Å². The largest absolute Gasteiger partial charge is 0.463 e. The molecule has 1 heterocycles. The number of benzene rings is 1. The quantitative estimate of drug-likeness (QED) is 0.605. The molecule has 0 unspecified atom stereocenters. The molecule has 0 atom stereocenters. The molecule has 5 nitrogen and oxygen atoms in total. The first-order valence-corrected chi connectivity index (χ1v) is 7.13. The molecule has 2 rings (SSSR count). The van der Waals surface area contributed by atoms with E-state index in [4.69, 9.17) is 4.74 Å². The lowest BCUT2D eigenvalue weighted by molar-refractivity contribution is -0.138. The molecule has 1 aromatic carbocycles. The molecule has 2 aromatic rings. The average Bonchev–Trinajstić information content (AvgIpc) is 2.74. The third-order valence-electron chi connectivity index (χ3n) is 3.29. The number of fused-ring (bicyclic) bond motifs is 1. The number of rotatable bonds is 6. The van der Waals surface area contributed by atoms with E-state index >= 15 is 0 Å². The number of carbonyl (C=O) groups is 1. The molecule has 21 heavy (non-hydrogen) atoms. The van der Waals surface area contributed by atoms with Gasteiger partial charge in [0, 0.05) is 12.1 Å². The highest BCUT2D eigenvalue weighted by Gasteiger charge is 2.15. The Morgan fingerprint density at radius 1 is 1.19 bits per heavy atom. The van der Waals surface area contributed by atoms with Crippen molar-refractivity contribution in [3.05, 3.63) is 46.9 Å². The molecule has 0 N–H and O–H groups in total. The number of hydrogen-bond donors (Lipinski definition) is 0. The third kappa shape index (κ3) is 2.91. The molecule has 0 bridgehead atoms. The highest BCUT2D eigenvalue weighted by atomic mass is 16.5. The van der Waals surface area contributed by atoms with Crippen LogP contribution in [0.25, 0.3) is 11.0 Å². The Balaban J connectivity index is 2.44. The Bertz CT molecular complexity index is 725. The summed E-state index contributed by atoms with van der Waals surface area (Å²) in [6.45, 7) is 8.59. The van der Waals surface area contributed by atoms with Crippen LogP contribution in [0.1, 0.15) is 20.3 Å². The molecular weight excluding hydrogens is 268 g/mol. The van der Waals surface area contributed by atoms with Crippen LogP contribution in [0.4, 0.5) is 0 Å². The highest BCUT2D eigenvalue weighted by molar-refractivity contribution is 5.88. The van der Waals surface area contributed by atoms with Crippen LogP contribution in [0.5, 0.6) is 0 Å². The molecule has 5 heteroatoms. The minimum absolute atomic E-state index is 0.122. The van der Waals surface area contributed by atoms with E-state index in [9.17, 15) is 9.59 Å². The fraction of sp³-hybridized carbons (Fsp3) is 0.375. The van der Waals surface area contributed by atoms with Gasteiger partial charge in [0.2, 0.25) is 0 Å². The van der Waals surface area contributed by atoms with Crippen molar-refractivity contribution in [2.75, 3.05) is 6.61 Å². The molecule has 1 aromatic heterocycles. The van der Waals surface area contributed by atoms with Crippen molar-refractivity contribution in [2.24, 2.45) is 0 Å². The van der Waals surface area contributed by atoms with Gasteiger partial charge in [0.25, 0.3) is 0 Å². The van der Waals surface area contributed by atoms with Crippen LogP contribution in [-0.2, 0) is 22.6 Å². The molecule has 0 saturated heterocycles. The summed E-state index contributed by atoms with van der Waals surface area (Å²) < 4.78 is 8.23. The predicted octanol–water partition coefficient (Wildman–Crippen LogP) is 2.33. The summed E-state index contributed by atoms with van der Waals surface area (Å²) in [7, 11) is 0. The van der Waals surface area contributed by atoms with Gasteiger partial charge in [-0.3, -0.25) is 9.13 Å². The summed E-state index contributed by atoms with van der Waals surface area (Å²) in [5.41, 5.74) is 1.84. The third-order valence-corrected chi connectivity index (χ3v) is 3.29. The van der Waals surface area contributed by atoms with E-state index in [0.29, 0.717) is 13.2 Å². The van der Waals surface area contributed by atoms with Crippen LogP contribution in [0.3, 0.4) is 0 Å². The normalized spacial score (nSPS) is 10.8. The van der Waals surface area contributed by atoms with E-state index in [1.807, 2.05) is 31.2 Å². The first-order valence-electron chi connectivity index (χ1n) is 7.13. The van der Waals surface area contributed by atoms with E-state index in [1.54, 1.807) is 16.1 Å². The number of imidazole rings is 1. The first-order chi connectivity index (χ1) is 10.1. The first kappa shape index (κ1) is 15.1. The number of aryl methyl sites for hydroxylation is 1. The monoisotopic (exact) mass is 288 g/mol. The van der Waals surface area contributed by atoms with E-state index in [2.05, 4.69) is 6.58 Å². The van der Waals surface area contributed by atoms with Gasteiger partial charge < -0.3 is 4.74 Å². The van der Waals surface area contributed by atoms with Gasteiger partial charge in [0.1, 0.15) is 0 Å². The maximum Gasteiger partial charge on any atom is 0.335 e. The van der Waals surface area contributed by atoms with E-state index in [1.165, 1.54) is 0 Å². The second-order valence-electron chi connectivity index (χ2n) is 4.83. The maximum atomic E-state index is 12.5. The summed E-state index contributed by atoms with van der Waals surface area (Å²) >= 11 is 0. The summed E-state index contributed by atoms with van der Waals surface area (Å²) in [5, 5.41) is 0. The Morgan fingerprint density at radius 3 is 2.38 bits per heavy atom. The second kappa shape index (κ2) is 6.43. The zero-order valence-corrected chi connectivity index (χ0v) is 12.5. The standard InChI is InChI=1S/C16H20N2O3/c1-4-10-17-13-8-6-7-9-14(13)18(16(17)20)11-12(3)15(19)21-5-2/h6-9H,3-5,10-11H2,1-2H3. The van der Waals surface area contributed by atoms with Crippen LogP contribution in [-0.4, -0.2) is 21.7 Å². The number of esters is 1. The second-order valence-corrected chi connectivity index (χ2v) is 4.83. The van der Waals surface area contributed by atoms with Gasteiger partial charge in [0.05, 0.1) is 24.2 Å². The number of para-hydroxylation sites is 2. The van der Waals surface area contributed by atoms with Crippen LogP contribution >= 0.6 is 0 Å². The predicted molar refractivity (Wildman–Crippen MR) is 82.3 cm³/mol. The minimum atomic E-state index is -0.461. The lowest BCUT2D eigenvalue weighted by atomic mass is 10.2. The maximum absolute atomic E-state index is 12.5. The Morgan fingerprint density at radius 2 is 1.81 bits per heavy atom. The lowest BCUT2D eigenvalue weighted by Gasteiger charge is -2.06. The Kier molecular flexibility index (Phi) is 4.62. The fourth-order valence-corrected chi connectivity index (χ4v) is 2.35. The number of aromatic nitrogens is 2. The van der Waals surface area contributed by atoms with Crippen molar-refractivity contribution in [1.82, 2.24) is 9.13 Å². The van der Waals surface area contributed by atoms with Crippen molar-refractivity contribution in [3.63, 3.8) is 0 Å². The Labute approximate surface area is 123 Å². The number of carbonyl (C=O) groups excluding carboxylic acids is 1. The van der Waals surface area contributed by atoms with Gasteiger partial charge in [-0.25, -0.2) is 9.59 Å². The van der Waals surface area contributed by atoms with Gasteiger partial charge >= 0.3 is 11.7 Å². The lowest BCUT2D eigenvalue weighted by Crippen LogP contribution is -2.26. The molecular formula is C16H20N2O3. The van der Waals surface area contributed by atoms with Crippen molar-refractivity contribution in [1.29, 1.82) is 0 Å². The molecule has 0 saturated carbocycles. The minimum Gasteiger partial charge on any atom is -0.463 e. The molecule has 0 aliphatic carbocycles. The van der Waals surface area contributed by atoms with E-state index in [-0.39, 0.29) is 17.8 Å². The molecule has 0 aliphatic heterocycles. The zero-order valence-electron chi connectivity index (χ0n) is 12.5. The highest BCUT2D eigenvalue weighted by Crippen LogP contribution is 2.14. The van der Waals surface area contributed by atoms with E-state index in [0.717, 1.165) is 17.5 Å². The van der Waals surface area contributed by atoms with Crippen molar-refractivity contribution in [2.45, 2.75) is 33.4 Å². The van der Waals surface area contributed by atoms with Crippen molar-refractivity contribution in [3.8, 4) is 0 Å². The molecule has 0 fully saturated rings. The molecule has 0 radical (unpaired) electrons. The topological polar surface area (TPSA) is 53.2 Å². The van der Waals surface area contributed by atoms with Gasteiger partial charge in [-0.05, 0) is 25.5 Å². The molecule has 0 spiro atoms. The SMILES string of the molecule is C=C(Cn1c(=O)n(CCC)c2ccccc21)C(=O)OCC. The molecule has 0 amide bonds. The average molecular weight is 288 g/mol. The van der Waals surface area contributed by atoms with Gasteiger partial charge in [-0.2, -0.15) is 0 Å². The number of hydrogen-bond acceptors (Lipinski definition) is 3. The van der Waals surface area contributed by atoms with Crippen LogP contribution < -0.4 is 5.69 Å². The number of ether oxygens (including phenoxy) is 1. The summed E-state index contributed by atoms with van der Waals surface area (Å²) in [4.78, 5) is 24.2. The van der Waals surface area contributed by atoms with E-state index < -0.39 is 5.97 Å². The van der Waals surface area contributed by atoms with Crippen molar-refractivity contribution < 1.29 is 9.53 Å². The van der Waals surface area contributed by atoms with Crippen LogP contribution in [0, 0.1) is 0 Å². The molecule has 0 aliphatic rings. The number of nitrogens with zero attached hydrogens (tertiary/aromatic N) is 2. The summed E-state index contributed by atoms with van der Waals surface area (Å²) in [5.74, 6) is -0.461. The van der Waals surface area contributed by atoms with Crippen molar-refractivity contribution >= 4 is 17.0 Å². The zero-order chi connectivity index (χ0) is 15.4. The molecule has 112 valence electrons. The van der Waals surface area contributed by atoms with Gasteiger partial charge in [-0.15, -0.1) is 0 Å². The fourth-order valence-electron chi connectivity index (χ4n) is 2.35. The Hall–Kier alpha value is -2.30. The summed E-state index contributed by atoms with van der Waals surface area (Å²) in [6.07, 6.45) is 0.868. The van der Waals surface area contributed by atoms with Gasteiger partial charge in [-0.1, -0.05) is 25.6 Å². The van der Waals surface area contributed by atoms with Gasteiger partial charge in [0.15, 0.2) is 0 Å². The summed E-state index contributed by atoms with van der Waals surface area (Å²) in [6, 6.07) is 7.57. The van der Waals surface area contributed by atoms with Crippen LogP contribution in [0.15, 0.2) is 41.2 Å². The smallest absolute Gasteiger partial charge is 0.335 e.